The molecule has 1 atom stereocenters. The lowest BCUT2D eigenvalue weighted by Gasteiger charge is -2.15. The summed E-state index contributed by atoms with van der Waals surface area (Å²) in [5.41, 5.74) is 11.7. The molecule has 3 rings (SSSR count). The number of pyridine rings is 1. The van der Waals surface area contributed by atoms with Gasteiger partial charge in [0.05, 0.1) is 11.7 Å². The maximum atomic E-state index is 5.82. The molecule has 0 amide bonds. The number of aryl methyl sites for hydroxylation is 2. The first-order valence-corrected chi connectivity index (χ1v) is 6.29. The van der Waals surface area contributed by atoms with Gasteiger partial charge in [0.2, 0.25) is 0 Å². The summed E-state index contributed by atoms with van der Waals surface area (Å²) in [6.45, 7) is 2.06. The van der Waals surface area contributed by atoms with Gasteiger partial charge in [-0.25, -0.2) is 0 Å². The Morgan fingerprint density at radius 3 is 3.00 bits per heavy atom. The van der Waals surface area contributed by atoms with E-state index in [1.165, 1.54) is 16.7 Å². The van der Waals surface area contributed by atoms with E-state index < -0.39 is 0 Å². The topological polar surface area (TPSA) is 50.9 Å². The first-order valence-electron chi connectivity index (χ1n) is 6.29. The Morgan fingerprint density at radius 1 is 1.28 bits per heavy atom. The molecule has 1 aromatic heterocycles. The number of hydrogen-bond acceptors (Lipinski definition) is 3. The Bertz CT molecular complexity index is 578. The standard InChI is InChI=1S/C15H17N3/c1-10-6-13(9-17-8-10)18-15-5-2-11-7-12(16)3-4-14(11)15/h3-4,6-9,15,18H,2,5,16H2,1H3. The quantitative estimate of drug-likeness (QED) is 0.792. The van der Waals surface area contributed by atoms with Gasteiger partial charge < -0.3 is 11.1 Å². The number of nitrogen functional groups attached to an aromatic ring is 1. The van der Waals surface area contributed by atoms with E-state index in [9.17, 15) is 0 Å². The lowest BCUT2D eigenvalue weighted by atomic mass is 10.1. The smallest absolute Gasteiger partial charge is 0.0534 e. The van der Waals surface area contributed by atoms with Gasteiger partial charge in [0, 0.05) is 18.1 Å². The van der Waals surface area contributed by atoms with Crippen LogP contribution in [0.5, 0.6) is 0 Å². The molecule has 0 fully saturated rings. The van der Waals surface area contributed by atoms with Crippen molar-refractivity contribution in [3.05, 3.63) is 53.3 Å². The highest BCUT2D eigenvalue weighted by Gasteiger charge is 2.22. The number of nitrogens with one attached hydrogen (secondary N) is 1. The molecule has 1 aliphatic rings. The summed E-state index contributed by atoms with van der Waals surface area (Å²) in [7, 11) is 0. The van der Waals surface area contributed by atoms with Crippen molar-refractivity contribution in [1.82, 2.24) is 4.98 Å². The van der Waals surface area contributed by atoms with Gasteiger partial charge in [0.1, 0.15) is 0 Å². The lowest BCUT2D eigenvalue weighted by Crippen LogP contribution is -2.07. The van der Waals surface area contributed by atoms with E-state index in [0.29, 0.717) is 6.04 Å². The zero-order valence-corrected chi connectivity index (χ0v) is 10.5. The normalized spacial score (nSPS) is 17.5. The molecule has 0 aliphatic heterocycles. The lowest BCUT2D eigenvalue weighted by molar-refractivity contribution is 0.761. The maximum Gasteiger partial charge on any atom is 0.0534 e. The molecule has 1 unspecified atom stereocenters. The zero-order valence-electron chi connectivity index (χ0n) is 10.5. The van der Waals surface area contributed by atoms with E-state index >= 15 is 0 Å². The Kier molecular flexibility index (Phi) is 2.67. The molecule has 3 heteroatoms. The van der Waals surface area contributed by atoms with Gasteiger partial charge in [-0.05, 0) is 54.7 Å². The van der Waals surface area contributed by atoms with Crippen LogP contribution in [-0.4, -0.2) is 4.98 Å². The van der Waals surface area contributed by atoms with Crippen molar-refractivity contribution >= 4 is 11.4 Å². The van der Waals surface area contributed by atoms with Gasteiger partial charge in [-0.15, -0.1) is 0 Å². The van der Waals surface area contributed by atoms with Gasteiger partial charge in [-0.2, -0.15) is 0 Å². The van der Waals surface area contributed by atoms with Crippen molar-refractivity contribution in [3.63, 3.8) is 0 Å². The maximum absolute atomic E-state index is 5.82. The molecule has 18 heavy (non-hydrogen) atoms. The summed E-state index contributed by atoms with van der Waals surface area (Å²) in [6, 6.07) is 8.71. The van der Waals surface area contributed by atoms with Crippen LogP contribution in [0.1, 0.15) is 29.2 Å². The Hall–Kier alpha value is -2.03. The van der Waals surface area contributed by atoms with Crippen molar-refractivity contribution in [2.75, 3.05) is 11.1 Å². The summed E-state index contributed by atoms with van der Waals surface area (Å²) in [6.07, 6.45) is 5.96. The second-order valence-corrected chi connectivity index (χ2v) is 4.94. The van der Waals surface area contributed by atoms with Crippen LogP contribution in [0.3, 0.4) is 0 Å². The zero-order chi connectivity index (χ0) is 12.5. The van der Waals surface area contributed by atoms with E-state index in [0.717, 1.165) is 24.2 Å². The van der Waals surface area contributed by atoms with Crippen molar-refractivity contribution in [2.45, 2.75) is 25.8 Å². The van der Waals surface area contributed by atoms with Gasteiger partial charge in [-0.1, -0.05) is 6.07 Å². The molecule has 1 aromatic carbocycles. The molecular weight excluding hydrogens is 222 g/mol. The van der Waals surface area contributed by atoms with Crippen molar-refractivity contribution in [3.8, 4) is 0 Å². The Balaban J connectivity index is 1.85. The fraction of sp³-hybridized carbons (Fsp3) is 0.267. The predicted molar refractivity (Wildman–Crippen MR) is 74.5 cm³/mol. The number of rotatable bonds is 2. The first kappa shape index (κ1) is 11.1. The van der Waals surface area contributed by atoms with Gasteiger partial charge in [0.15, 0.2) is 0 Å². The van der Waals surface area contributed by atoms with Gasteiger partial charge in [0.25, 0.3) is 0 Å². The van der Waals surface area contributed by atoms with Crippen LogP contribution in [0.25, 0.3) is 0 Å². The molecule has 3 nitrogen and oxygen atoms in total. The Morgan fingerprint density at radius 2 is 2.17 bits per heavy atom. The van der Waals surface area contributed by atoms with E-state index in [1.54, 1.807) is 0 Å². The van der Waals surface area contributed by atoms with Crippen LogP contribution in [0.15, 0.2) is 36.7 Å². The van der Waals surface area contributed by atoms with Crippen molar-refractivity contribution in [1.29, 1.82) is 0 Å². The highest BCUT2D eigenvalue weighted by molar-refractivity contribution is 5.52. The number of aromatic nitrogens is 1. The molecule has 1 aliphatic carbocycles. The third kappa shape index (κ3) is 2.04. The minimum absolute atomic E-state index is 0.379. The molecule has 0 radical (unpaired) electrons. The first-order chi connectivity index (χ1) is 8.72. The number of nitrogens with two attached hydrogens (primary N) is 1. The molecular formula is C15H17N3. The third-order valence-corrected chi connectivity index (χ3v) is 3.46. The summed E-state index contributed by atoms with van der Waals surface area (Å²) < 4.78 is 0. The average molecular weight is 239 g/mol. The van der Waals surface area contributed by atoms with Crippen LogP contribution in [0, 0.1) is 6.92 Å². The van der Waals surface area contributed by atoms with Crippen LogP contribution in [0.2, 0.25) is 0 Å². The molecule has 1 heterocycles. The van der Waals surface area contributed by atoms with Crippen LogP contribution in [-0.2, 0) is 6.42 Å². The van der Waals surface area contributed by atoms with E-state index in [4.69, 9.17) is 5.73 Å². The molecule has 3 N–H and O–H groups in total. The van der Waals surface area contributed by atoms with Gasteiger partial charge in [-0.3, -0.25) is 4.98 Å². The molecule has 92 valence electrons. The Labute approximate surface area is 107 Å². The van der Waals surface area contributed by atoms with Crippen LogP contribution >= 0.6 is 0 Å². The second kappa shape index (κ2) is 4.33. The molecule has 2 aromatic rings. The fourth-order valence-corrected chi connectivity index (χ4v) is 2.62. The van der Waals surface area contributed by atoms with E-state index in [2.05, 4.69) is 35.4 Å². The molecule has 0 bridgehead atoms. The van der Waals surface area contributed by atoms with Crippen LogP contribution < -0.4 is 11.1 Å². The fourth-order valence-electron chi connectivity index (χ4n) is 2.62. The summed E-state index contributed by atoms with van der Waals surface area (Å²) in [5, 5.41) is 3.55. The molecule has 0 saturated carbocycles. The second-order valence-electron chi connectivity index (χ2n) is 4.94. The van der Waals surface area contributed by atoms with E-state index in [1.807, 2.05) is 18.5 Å². The largest absolute Gasteiger partial charge is 0.399 e. The predicted octanol–water partition coefficient (Wildman–Crippen LogP) is 3.07. The number of nitrogens with zero attached hydrogens (tertiary/aromatic N) is 1. The molecule has 0 spiro atoms. The monoisotopic (exact) mass is 239 g/mol. The van der Waals surface area contributed by atoms with Crippen molar-refractivity contribution < 1.29 is 0 Å². The average Bonchev–Trinajstić information content (AvgIpc) is 2.72. The number of hydrogen-bond donors (Lipinski definition) is 2. The SMILES string of the molecule is Cc1cncc(NC2CCc3cc(N)ccc32)c1. The minimum atomic E-state index is 0.379. The highest BCUT2D eigenvalue weighted by atomic mass is 14.9. The summed E-state index contributed by atoms with van der Waals surface area (Å²) >= 11 is 0. The highest BCUT2D eigenvalue weighted by Crippen LogP contribution is 2.34. The number of anilines is 2. The summed E-state index contributed by atoms with van der Waals surface area (Å²) in [5.74, 6) is 0. The van der Waals surface area contributed by atoms with Crippen LogP contribution in [0.4, 0.5) is 11.4 Å². The minimum Gasteiger partial charge on any atom is -0.399 e. The number of benzene rings is 1. The third-order valence-electron chi connectivity index (χ3n) is 3.46. The van der Waals surface area contributed by atoms with Gasteiger partial charge >= 0.3 is 0 Å². The summed E-state index contributed by atoms with van der Waals surface area (Å²) in [4.78, 5) is 4.21. The number of fused-ring (bicyclic) bond motifs is 1. The van der Waals surface area contributed by atoms with Crippen molar-refractivity contribution in [2.24, 2.45) is 0 Å². The molecule has 0 saturated heterocycles. The van der Waals surface area contributed by atoms with E-state index in [-0.39, 0.29) is 0 Å².